The molecule has 18 heavy (non-hydrogen) atoms. The molecule has 0 bridgehead atoms. The van der Waals surface area contributed by atoms with Gasteiger partial charge in [0, 0.05) is 11.7 Å². The van der Waals surface area contributed by atoms with E-state index in [2.05, 4.69) is 54.6 Å². The Hall–Kier alpha value is -1.61. The Bertz CT molecular complexity index is 514. The van der Waals surface area contributed by atoms with Crippen molar-refractivity contribution < 1.29 is 0 Å². The molecule has 1 atom stereocenters. The first-order valence-electron chi connectivity index (χ1n) is 6.50. The van der Waals surface area contributed by atoms with Crippen molar-refractivity contribution in [2.45, 2.75) is 33.2 Å². The summed E-state index contributed by atoms with van der Waals surface area (Å²) >= 11 is 0. The fraction of sp³-hybridized carbons (Fsp3) is 0.400. The zero-order chi connectivity index (χ0) is 13.1. The van der Waals surface area contributed by atoms with Crippen LogP contribution in [0.3, 0.4) is 0 Å². The van der Waals surface area contributed by atoms with Crippen LogP contribution in [0.1, 0.15) is 38.1 Å². The molecule has 1 aromatic heterocycles. The zero-order valence-corrected chi connectivity index (χ0v) is 11.3. The molecule has 0 amide bonds. The molecular weight excluding hydrogens is 222 g/mol. The average molecular weight is 243 g/mol. The number of aromatic nitrogens is 2. The zero-order valence-electron chi connectivity index (χ0n) is 11.3. The van der Waals surface area contributed by atoms with E-state index in [0.717, 1.165) is 17.8 Å². The average Bonchev–Trinajstić information content (AvgIpc) is 2.86. The Morgan fingerprint density at radius 3 is 2.78 bits per heavy atom. The molecule has 96 valence electrons. The molecule has 0 radical (unpaired) electrons. The normalized spacial score (nSPS) is 12.9. The van der Waals surface area contributed by atoms with E-state index in [0.29, 0.717) is 5.92 Å². The van der Waals surface area contributed by atoms with Gasteiger partial charge in [0.05, 0.1) is 18.2 Å². The third-order valence-electron chi connectivity index (χ3n) is 3.32. The van der Waals surface area contributed by atoms with Crippen molar-refractivity contribution >= 4 is 0 Å². The summed E-state index contributed by atoms with van der Waals surface area (Å²) in [6.07, 6.45) is 4.74. The number of imidazole rings is 1. The Morgan fingerprint density at radius 2 is 2.11 bits per heavy atom. The van der Waals surface area contributed by atoms with Crippen LogP contribution in [0.25, 0.3) is 5.69 Å². The SMILES string of the molecule is CCc1cccc(-n2cncc2C(N)C(C)C)c1. The maximum absolute atomic E-state index is 6.23. The molecule has 2 aromatic rings. The molecule has 3 heteroatoms. The van der Waals surface area contributed by atoms with Gasteiger partial charge in [-0.1, -0.05) is 32.9 Å². The smallest absolute Gasteiger partial charge is 0.0994 e. The van der Waals surface area contributed by atoms with Crippen LogP contribution in [0.5, 0.6) is 0 Å². The van der Waals surface area contributed by atoms with E-state index in [-0.39, 0.29) is 6.04 Å². The van der Waals surface area contributed by atoms with Crippen molar-refractivity contribution in [1.82, 2.24) is 9.55 Å². The number of nitrogens with two attached hydrogens (primary N) is 1. The van der Waals surface area contributed by atoms with E-state index in [1.807, 2.05) is 12.5 Å². The van der Waals surface area contributed by atoms with Gasteiger partial charge in [-0.3, -0.25) is 0 Å². The summed E-state index contributed by atoms with van der Waals surface area (Å²) in [7, 11) is 0. The van der Waals surface area contributed by atoms with E-state index in [9.17, 15) is 0 Å². The minimum atomic E-state index is 0.0118. The maximum atomic E-state index is 6.23. The summed E-state index contributed by atoms with van der Waals surface area (Å²) in [5, 5.41) is 0. The van der Waals surface area contributed by atoms with Crippen LogP contribution in [0.4, 0.5) is 0 Å². The second-order valence-corrected chi connectivity index (χ2v) is 4.98. The lowest BCUT2D eigenvalue weighted by Gasteiger charge is -2.18. The first-order chi connectivity index (χ1) is 8.63. The van der Waals surface area contributed by atoms with Gasteiger partial charge in [-0.05, 0) is 30.0 Å². The second kappa shape index (κ2) is 5.36. The van der Waals surface area contributed by atoms with Crippen molar-refractivity contribution in [1.29, 1.82) is 0 Å². The van der Waals surface area contributed by atoms with Crippen molar-refractivity contribution in [2.75, 3.05) is 0 Å². The number of hydrogen-bond donors (Lipinski definition) is 1. The highest BCUT2D eigenvalue weighted by atomic mass is 15.1. The first kappa shape index (κ1) is 12.8. The van der Waals surface area contributed by atoms with E-state index in [4.69, 9.17) is 5.73 Å². The van der Waals surface area contributed by atoms with Crippen LogP contribution in [0.2, 0.25) is 0 Å². The van der Waals surface area contributed by atoms with E-state index in [1.54, 1.807) is 0 Å². The van der Waals surface area contributed by atoms with Crippen LogP contribution < -0.4 is 5.73 Å². The summed E-state index contributed by atoms with van der Waals surface area (Å²) in [5.41, 5.74) is 9.76. The largest absolute Gasteiger partial charge is 0.322 e. The van der Waals surface area contributed by atoms with Crippen molar-refractivity contribution in [3.63, 3.8) is 0 Å². The van der Waals surface area contributed by atoms with Gasteiger partial charge >= 0.3 is 0 Å². The highest BCUT2D eigenvalue weighted by Gasteiger charge is 2.15. The molecule has 0 saturated heterocycles. The summed E-state index contributed by atoms with van der Waals surface area (Å²) in [6, 6.07) is 8.52. The lowest BCUT2D eigenvalue weighted by molar-refractivity contribution is 0.497. The Labute approximate surface area is 109 Å². The summed E-state index contributed by atoms with van der Waals surface area (Å²) in [4.78, 5) is 4.24. The fourth-order valence-electron chi connectivity index (χ4n) is 2.04. The molecule has 1 unspecified atom stereocenters. The molecule has 0 aliphatic rings. The van der Waals surface area contributed by atoms with Gasteiger partial charge in [0.2, 0.25) is 0 Å². The summed E-state index contributed by atoms with van der Waals surface area (Å²) in [5.74, 6) is 0.398. The van der Waals surface area contributed by atoms with Crippen molar-refractivity contribution in [3.05, 3.63) is 48.0 Å². The third kappa shape index (κ3) is 2.46. The first-order valence-corrected chi connectivity index (χ1v) is 6.50. The van der Waals surface area contributed by atoms with Crippen molar-refractivity contribution in [2.24, 2.45) is 11.7 Å². The molecule has 0 spiro atoms. The van der Waals surface area contributed by atoms with Gasteiger partial charge in [-0.15, -0.1) is 0 Å². The highest BCUT2D eigenvalue weighted by Crippen LogP contribution is 2.22. The Kier molecular flexibility index (Phi) is 3.82. The third-order valence-corrected chi connectivity index (χ3v) is 3.32. The summed E-state index contributed by atoms with van der Waals surface area (Å²) in [6.45, 7) is 6.42. The van der Waals surface area contributed by atoms with E-state index < -0.39 is 0 Å². The van der Waals surface area contributed by atoms with Gasteiger partial charge in [-0.2, -0.15) is 0 Å². The number of hydrogen-bond acceptors (Lipinski definition) is 2. The van der Waals surface area contributed by atoms with Crippen molar-refractivity contribution in [3.8, 4) is 5.69 Å². The molecule has 0 saturated carbocycles. The topological polar surface area (TPSA) is 43.8 Å². The Morgan fingerprint density at radius 1 is 1.33 bits per heavy atom. The summed E-state index contributed by atoms with van der Waals surface area (Å²) < 4.78 is 2.09. The van der Waals surface area contributed by atoms with Crippen LogP contribution in [0.15, 0.2) is 36.8 Å². The lowest BCUT2D eigenvalue weighted by atomic mass is 10.0. The highest BCUT2D eigenvalue weighted by molar-refractivity contribution is 5.38. The fourth-order valence-corrected chi connectivity index (χ4v) is 2.04. The number of benzene rings is 1. The predicted octanol–water partition coefficient (Wildman–Crippen LogP) is 3.09. The molecule has 0 aliphatic carbocycles. The van der Waals surface area contributed by atoms with Gasteiger partial charge in [0.15, 0.2) is 0 Å². The van der Waals surface area contributed by atoms with Gasteiger partial charge < -0.3 is 10.3 Å². The molecule has 0 aliphatic heterocycles. The molecule has 2 rings (SSSR count). The maximum Gasteiger partial charge on any atom is 0.0994 e. The molecular formula is C15H21N3. The van der Waals surface area contributed by atoms with E-state index in [1.165, 1.54) is 5.56 Å². The van der Waals surface area contributed by atoms with Gasteiger partial charge in [-0.25, -0.2) is 4.98 Å². The lowest BCUT2D eigenvalue weighted by Crippen LogP contribution is -2.19. The van der Waals surface area contributed by atoms with Gasteiger partial charge in [0.25, 0.3) is 0 Å². The number of nitrogens with zero attached hydrogens (tertiary/aromatic N) is 2. The number of aryl methyl sites for hydroxylation is 1. The molecule has 0 fully saturated rings. The minimum absolute atomic E-state index is 0.0118. The minimum Gasteiger partial charge on any atom is -0.322 e. The monoisotopic (exact) mass is 243 g/mol. The second-order valence-electron chi connectivity index (χ2n) is 4.98. The Balaban J connectivity index is 2.42. The van der Waals surface area contributed by atoms with Crippen LogP contribution in [-0.4, -0.2) is 9.55 Å². The predicted molar refractivity (Wildman–Crippen MR) is 74.7 cm³/mol. The van der Waals surface area contributed by atoms with Crippen LogP contribution in [0, 0.1) is 5.92 Å². The molecule has 1 heterocycles. The molecule has 2 N–H and O–H groups in total. The van der Waals surface area contributed by atoms with E-state index >= 15 is 0 Å². The molecule has 3 nitrogen and oxygen atoms in total. The number of rotatable bonds is 4. The van der Waals surface area contributed by atoms with Gasteiger partial charge in [0.1, 0.15) is 0 Å². The van der Waals surface area contributed by atoms with Crippen LogP contribution >= 0.6 is 0 Å². The standard InChI is InChI=1S/C15H21N3/c1-4-12-6-5-7-13(8-12)18-10-17-9-14(18)15(16)11(2)3/h5-11,15H,4,16H2,1-3H3. The van der Waals surface area contributed by atoms with Crippen LogP contribution in [-0.2, 0) is 6.42 Å². The molecule has 1 aromatic carbocycles. The quantitative estimate of drug-likeness (QED) is 0.896.